The van der Waals surface area contributed by atoms with Crippen molar-refractivity contribution in [3.63, 3.8) is 0 Å². The van der Waals surface area contributed by atoms with Crippen molar-refractivity contribution in [2.24, 2.45) is 0 Å². The van der Waals surface area contributed by atoms with E-state index in [2.05, 4.69) is 10.8 Å². The van der Waals surface area contributed by atoms with Gasteiger partial charge in [0.05, 0.1) is 12.4 Å². The van der Waals surface area contributed by atoms with Crippen LogP contribution in [0.4, 0.5) is 0 Å². The van der Waals surface area contributed by atoms with Crippen molar-refractivity contribution in [2.45, 2.75) is 6.10 Å². The van der Waals surface area contributed by atoms with Gasteiger partial charge in [-0.2, -0.15) is 0 Å². The lowest BCUT2D eigenvalue weighted by molar-refractivity contribution is 0.182. The largest absolute Gasteiger partial charge is 0.387 e. The SMILES string of the molecule is CS(=O)(=O)NCC(O)c1cc[c]cc1. The number of rotatable bonds is 4. The van der Waals surface area contributed by atoms with Crippen LogP contribution in [0, 0.1) is 6.07 Å². The number of sulfonamides is 1. The molecule has 1 unspecified atom stereocenters. The van der Waals surface area contributed by atoms with Gasteiger partial charge in [0.15, 0.2) is 0 Å². The lowest BCUT2D eigenvalue weighted by Gasteiger charge is -2.10. The fraction of sp³-hybridized carbons (Fsp3) is 0.333. The highest BCUT2D eigenvalue weighted by Crippen LogP contribution is 2.10. The first-order chi connectivity index (χ1) is 6.49. The second-order valence-electron chi connectivity index (χ2n) is 2.97. The van der Waals surface area contributed by atoms with Crippen molar-refractivity contribution in [3.05, 3.63) is 35.9 Å². The minimum Gasteiger partial charge on any atom is -0.387 e. The highest BCUT2D eigenvalue weighted by atomic mass is 32.2. The van der Waals surface area contributed by atoms with Crippen molar-refractivity contribution >= 4 is 10.0 Å². The Bertz CT molecular complexity index is 374. The molecule has 0 aliphatic heterocycles. The Labute approximate surface area is 83.6 Å². The number of nitrogens with one attached hydrogen (secondary N) is 1. The zero-order valence-electron chi connectivity index (χ0n) is 7.77. The summed E-state index contributed by atoms with van der Waals surface area (Å²) in [6.45, 7) is -0.0111. The summed E-state index contributed by atoms with van der Waals surface area (Å²) >= 11 is 0. The van der Waals surface area contributed by atoms with Gasteiger partial charge < -0.3 is 5.11 Å². The van der Waals surface area contributed by atoms with Gasteiger partial charge in [-0.05, 0) is 11.6 Å². The molecule has 0 aliphatic rings. The third-order valence-corrected chi connectivity index (χ3v) is 2.36. The molecule has 1 atom stereocenters. The third kappa shape index (κ3) is 3.87. The summed E-state index contributed by atoms with van der Waals surface area (Å²) in [6, 6.07) is 9.52. The van der Waals surface area contributed by atoms with E-state index < -0.39 is 16.1 Å². The molecule has 1 aromatic rings. The van der Waals surface area contributed by atoms with Crippen LogP contribution in [0.25, 0.3) is 0 Å². The first kappa shape index (κ1) is 11.2. The van der Waals surface area contributed by atoms with Crippen molar-refractivity contribution < 1.29 is 13.5 Å². The summed E-state index contributed by atoms with van der Waals surface area (Å²) in [5.74, 6) is 0. The zero-order chi connectivity index (χ0) is 10.6. The molecule has 0 saturated heterocycles. The van der Waals surface area contributed by atoms with Crippen LogP contribution in [0.1, 0.15) is 11.7 Å². The minimum atomic E-state index is -3.24. The molecule has 0 aliphatic carbocycles. The van der Waals surface area contributed by atoms with Crippen LogP contribution < -0.4 is 4.72 Å². The Balaban J connectivity index is 2.56. The highest BCUT2D eigenvalue weighted by molar-refractivity contribution is 7.88. The molecule has 0 bridgehead atoms. The van der Waals surface area contributed by atoms with E-state index in [0.717, 1.165) is 6.26 Å². The van der Waals surface area contributed by atoms with Gasteiger partial charge in [-0.15, -0.1) is 0 Å². The molecule has 14 heavy (non-hydrogen) atoms. The van der Waals surface area contributed by atoms with Crippen LogP contribution in [-0.2, 0) is 10.0 Å². The monoisotopic (exact) mass is 214 g/mol. The van der Waals surface area contributed by atoms with Gasteiger partial charge in [-0.25, -0.2) is 13.1 Å². The number of hydrogen-bond donors (Lipinski definition) is 2. The molecule has 4 nitrogen and oxygen atoms in total. The smallest absolute Gasteiger partial charge is 0.208 e. The summed E-state index contributed by atoms with van der Waals surface area (Å²) in [5.41, 5.74) is 0.667. The van der Waals surface area contributed by atoms with Crippen molar-refractivity contribution in [2.75, 3.05) is 12.8 Å². The number of benzene rings is 1. The van der Waals surface area contributed by atoms with E-state index in [0.29, 0.717) is 5.56 Å². The molecule has 0 spiro atoms. The Morgan fingerprint density at radius 1 is 1.50 bits per heavy atom. The number of aliphatic hydroxyl groups excluding tert-OH is 1. The molecule has 0 fully saturated rings. The molecule has 0 aromatic heterocycles. The Morgan fingerprint density at radius 3 is 2.57 bits per heavy atom. The quantitative estimate of drug-likeness (QED) is 0.745. The summed E-state index contributed by atoms with van der Waals surface area (Å²) in [7, 11) is -3.24. The fourth-order valence-electron chi connectivity index (χ4n) is 0.970. The summed E-state index contributed by atoms with van der Waals surface area (Å²) in [4.78, 5) is 0. The van der Waals surface area contributed by atoms with E-state index in [-0.39, 0.29) is 6.54 Å². The standard InChI is InChI=1S/C9H12NO3S/c1-14(12,13)10-7-9(11)8-5-3-2-4-6-8/h3-6,9-11H,7H2,1H3. The Morgan fingerprint density at radius 2 is 2.07 bits per heavy atom. The Hall–Kier alpha value is -0.910. The van der Waals surface area contributed by atoms with E-state index in [4.69, 9.17) is 0 Å². The fourth-order valence-corrected chi connectivity index (χ4v) is 1.43. The van der Waals surface area contributed by atoms with Crippen LogP contribution in [0.2, 0.25) is 0 Å². The molecule has 1 rings (SSSR count). The molecule has 5 heteroatoms. The second kappa shape index (κ2) is 4.54. The number of hydrogen-bond acceptors (Lipinski definition) is 3. The van der Waals surface area contributed by atoms with E-state index in [1.165, 1.54) is 0 Å². The summed E-state index contributed by atoms with van der Waals surface area (Å²) in [5, 5.41) is 9.54. The molecule has 77 valence electrons. The van der Waals surface area contributed by atoms with Crippen molar-refractivity contribution in [1.82, 2.24) is 4.72 Å². The lowest BCUT2D eigenvalue weighted by Crippen LogP contribution is -2.27. The second-order valence-corrected chi connectivity index (χ2v) is 4.80. The van der Waals surface area contributed by atoms with E-state index in [9.17, 15) is 13.5 Å². The van der Waals surface area contributed by atoms with Gasteiger partial charge >= 0.3 is 0 Å². The van der Waals surface area contributed by atoms with Crippen LogP contribution in [0.5, 0.6) is 0 Å². The zero-order valence-corrected chi connectivity index (χ0v) is 8.58. The van der Waals surface area contributed by atoms with Crippen LogP contribution in [0.15, 0.2) is 24.3 Å². The third-order valence-electron chi connectivity index (χ3n) is 1.67. The van der Waals surface area contributed by atoms with Crippen molar-refractivity contribution in [1.29, 1.82) is 0 Å². The number of aliphatic hydroxyl groups is 1. The molecule has 0 heterocycles. The van der Waals surface area contributed by atoms with Crippen LogP contribution in [0.3, 0.4) is 0 Å². The highest BCUT2D eigenvalue weighted by Gasteiger charge is 2.09. The maximum absolute atomic E-state index is 10.7. The summed E-state index contributed by atoms with van der Waals surface area (Å²) in [6.07, 6.45) is 0.234. The van der Waals surface area contributed by atoms with Gasteiger partial charge in [0.2, 0.25) is 10.0 Å². The van der Waals surface area contributed by atoms with E-state index >= 15 is 0 Å². The minimum absolute atomic E-state index is 0.0111. The molecule has 0 saturated carbocycles. The Kier molecular flexibility index (Phi) is 3.62. The summed E-state index contributed by atoms with van der Waals surface area (Å²) < 4.78 is 23.7. The van der Waals surface area contributed by atoms with Crippen molar-refractivity contribution in [3.8, 4) is 0 Å². The molecule has 1 radical (unpaired) electrons. The van der Waals surface area contributed by atoms with Gasteiger partial charge in [0, 0.05) is 6.54 Å². The maximum atomic E-state index is 10.7. The predicted octanol–water partition coefficient (Wildman–Crippen LogP) is 0.0694. The average Bonchev–Trinajstić information content (AvgIpc) is 2.14. The molecule has 0 amide bonds. The average molecular weight is 214 g/mol. The van der Waals surface area contributed by atoms with Gasteiger partial charge in [-0.3, -0.25) is 0 Å². The van der Waals surface area contributed by atoms with Gasteiger partial charge in [0.25, 0.3) is 0 Å². The van der Waals surface area contributed by atoms with Crippen LogP contribution in [-0.4, -0.2) is 26.3 Å². The molecule has 1 aromatic carbocycles. The molecular weight excluding hydrogens is 202 g/mol. The molecular formula is C9H12NO3S. The maximum Gasteiger partial charge on any atom is 0.208 e. The topological polar surface area (TPSA) is 66.4 Å². The first-order valence-electron chi connectivity index (χ1n) is 4.08. The first-order valence-corrected chi connectivity index (χ1v) is 5.97. The van der Waals surface area contributed by atoms with E-state index in [1.807, 2.05) is 0 Å². The predicted molar refractivity (Wildman–Crippen MR) is 53.1 cm³/mol. The van der Waals surface area contributed by atoms with Gasteiger partial charge in [-0.1, -0.05) is 24.3 Å². The molecule has 2 N–H and O–H groups in total. The lowest BCUT2D eigenvalue weighted by atomic mass is 10.1. The normalized spacial score (nSPS) is 13.9. The van der Waals surface area contributed by atoms with E-state index in [1.54, 1.807) is 24.3 Å². The van der Waals surface area contributed by atoms with Crippen LogP contribution >= 0.6 is 0 Å². The van der Waals surface area contributed by atoms with Gasteiger partial charge in [0.1, 0.15) is 0 Å².